The van der Waals surface area contributed by atoms with Gasteiger partial charge in [-0.1, -0.05) is 0 Å². The van der Waals surface area contributed by atoms with E-state index in [1.54, 1.807) is 14.2 Å². The van der Waals surface area contributed by atoms with Crippen molar-refractivity contribution in [2.75, 3.05) is 20.8 Å². The number of carbonyl (C=O) groups is 1. The second-order valence-electron chi connectivity index (χ2n) is 4.25. The number of hydrogen-bond donors (Lipinski definition) is 2. The number of nitrogens with one attached hydrogen (secondary N) is 1. The molecule has 1 aromatic rings. The average molecular weight is 331 g/mol. The van der Waals surface area contributed by atoms with Crippen molar-refractivity contribution in [1.82, 2.24) is 5.32 Å². The highest BCUT2D eigenvalue weighted by Gasteiger charge is 2.13. The van der Waals surface area contributed by atoms with Crippen molar-refractivity contribution in [3.05, 3.63) is 22.2 Å². The van der Waals surface area contributed by atoms with Gasteiger partial charge in [-0.25, -0.2) is 0 Å². The quantitative estimate of drug-likeness (QED) is 0.828. The van der Waals surface area contributed by atoms with Crippen LogP contribution in [0.5, 0.6) is 11.5 Å². The Labute approximate surface area is 121 Å². The van der Waals surface area contributed by atoms with Gasteiger partial charge in [0.15, 0.2) is 18.1 Å². The van der Waals surface area contributed by atoms with Gasteiger partial charge in [-0.15, -0.1) is 0 Å². The maximum absolute atomic E-state index is 11.2. The Hall–Kier alpha value is -1.27. The van der Waals surface area contributed by atoms with Gasteiger partial charge in [-0.05, 0) is 47.0 Å². The third-order valence-corrected chi connectivity index (χ3v) is 3.06. The lowest BCUT2D eigenvalue weighted by Gasteiger charge is -2.14. The highest BCUT2D eigenvalue weighted by Crippen LogP contribution is 2.36. The molecule has 3 N–H and O–H groups in total. The fraction of sp³-hybridized carbons (Fsp3) is 0.462. The maximum atomic E-state index is 11.2. The second kappa shape index (κ2) is 7.35. The highest BCUT2D eigenvalue weighted by atomic mass is 79.9. The highest BCUT2D eigenvalue weighted by molar-refractivity contribution is 9.10. The summed E-state index contributed by atoms with van der Waals surface area (Å²) in [7, 11) is 3.12. The van der Waals surface area contributed by atoms with Gasteiger partial charge in [-0.2, -0.15) is 0 Å². The molecule has 0 aliphatic carbocycles. The van der Waals surface area contributed by atoms with Crippen LogP contribution in [0.25, 0.3) is 0 Å². The lowest BCUT2D eigenvalue weighted by Crippen LogP contribution is -2.25. The molecule has 0 saturated carbocycles. The van der Waals surface area contributed by atoms with Gasteiger partial charge in [-0.3, -0.25) is 4.79 Å². The van der Waals surface area contributed by atoms with Crippen LogP contribution in [0, 0.1) is 0 Å². The normalized spacial score (nSPS) is 11.8. The summed E-state index contributed by atoms with van der Waals surface area (Å²) in [5.74, 6) is 0.891. The van der Waals surface area contributed by atoms with Gasteiger partial charge < -0.3 is 20.5 Å². The van der Waals surface area contributed by atoms with Gasteiger partial charge >= 0.3 is 0 Å². The number of halogens is 1. The molecule has 1 aromatic carbocycles. The zero-order valence-electron chi connectivity index (χ0n) is 11.3. The van der Waals surface area contributed by atoms with E-state index in [0.29, 0.717) is 11.5 Å². The topological polar surface area (TPSA) is 73.6 Å². The summed E-state index contributed by atoms with van der Waals surface area (Å²) in [6.07, 6.45) is 0.741. The monoisotopic (exact) mass is 330 g/mol. The first-order valence-corrected chi connectivity index (χ1v) is 6.72. The van der Waals surface area contributed by atoms with Gasteiger partial charge in [0.05, 0.1) is 11.6 Å². The van der Waals surface area contributed by atoms with Crippen LogP contribution in [0.15, 0.2) is 16.6 Å². The molecular weight excluding hydrogens is 312 g/mol. The Morgan fingerprint density at radius 1 is 1.53 bits per heavy atom. The van der Waals surface area contributed by atoms with Crippen LogP contribution in [0.2, 0.25) is 0 Å². The summed E-state index contributed by atoms with van der Waals surface area (Å²) < 4.78 is 11.5. The molecule has 19 heavy (non-hydrogen) atoms. The first kappa shape index (κ1) is 15.8. The molecule has 0 fully saturated rings. The van der Waals surface area contributed by atoms with Crippen LogP contribution in [0.3, 0.4) is 0 Å². The predicted octanol–water partition coefficient (Wildman–Crippen LogP) is 1.47. The number of benzene rings is 1. The molecular formula is C13H19BrN2O3. The number of carbonyl (C=O) groups excluding carboxylic acids is 1. The smallest absolute Gasteiger partial charge is 0.257 e. The Kier molecular flexibility index (Phi) is 6.11. The SMILES string of the molecule is CNC(=O)COc1c(Br)cc(CC(C)N)cc1OC. The number of methoxy groups -OCH3 is 1. The van der Waals surface area contributed by atoms with E-state index in [1.165, 1.54) is 0 Å². The van der Waals surface area contributed by atoms with Gasteiger partial charge in [0.2, 0.25) is 0 Å². The molecule has 5 nitrogen and oxygen atoms in total. The third kappa shape index (κ3) is 4.72. The minimum Gasteiger partial charge on any atom is -0.493 e. The van der Waals surface area contributed by atoms with Crippen molar-refractivity contribution in [3.63, 3.8) is 0 Å². The summed E-state index contributed by atoms with van der Waals surface area (Å²) >= 11 is 3.42. The molecule has 0 bridgehead atoms. The van der Waals surface area contributed by atoms with Crippen LogP contribution < -0.4 is 20.5 Å². The molecule has 6 heteroatoms. The number of hydrogen-bond acceptors (Lipinski definition) is 4. The molecule has 0 aliphatic rings. The molecule has 0 aromatic heterocycles. The van der Waals surface area contributed by atoms with Crippen LogP contribution in [-0.4, -0.2) is 32.7 Å². The second-order valence-corrected chi connectivity index (χ2v) is 5.11. The van der Waals surface area contributed by atoms with Crippen molar-refractivity contribution in [2.24, 2.45) is 5.73 Å². The zero-order chi connectivity index (χ0) is 14.4. The zero-order valence-corrected chi connectivity index (χ0v) is 12.9. The summed E-state index contributed by atoms with van der Waals surface area (Å²) in [5, 5.41) is 2.49. The van der Waals surface area contributed by atoms with Gasteiger partial charge in [0, 0.05) is 13.1 Å². The fourth-order valence-electron chi connectivity index (χ4n) is 1.61. The number of likely N-dealkylation sites (N-methyl/N-ethyl adjacent to an activating group) is 1. The van der Waals surface area contributed by atoms with Crippen LogP contribution in [-0.2, 0) is 11.2 Å². The minimum atomic E-state index is -0.200. The molecule has 1 unspecified atom stereocenters. The maximum Gasteiger partial charge on any atom is 0.257 e. The Morgan fingerprint density at radius 3 is 2.74 bits per heavy atom. The van der Waals surface area contributed by atoms with Crippen LogP contribution >= 0.6 is 15.9 Å². The molecule has 1 rings (SSSR count). The van der Waals surface area contributed by atoms with Crippen molar-refractivity contribution >= 4 is 21.8 Å². The number of amides is 1. The Morgan fingerprint density at radius 2 is 2.21 bits per heavy atom. The van der Waals surface area contributed by atoms with Crippen LogP contribution in [0.4, 0.5) is 0 Å². The standard InChI is InChI=1S/C13H19BrN2O3/c1-8(15)4-9-5-10(14)13(11(6-9)18-3)19-7-12(17)16-2/h5-6,8H,4,7,15H2,1-3H3,(H,16,17). The van der Waals surface area contributed by atoms with Gasteiger partial charge in [0.1, 0.15) is 0 Å². The molecule has 1 atom stereocenters. The third-order valence-electron chi connectivity index (χ3n) is 2.47. The fourth-order valence-corrected chi connectivity index (χ4v) is 2.22. The van der Waals surface area contributed by atoms with Gasteiger partial charge in [0.25, 0.3) is 5.91 Å². The van der Waals surface area contributed by atoms with Crippen molar-refractivity contribution in [1.29, 1.82) is 0 Å². The molecule has 0 aliphatic heterocycles. The largest absolute Gasteiger partial charge is 0.493 e. The van der Waals surface area contributed by atoms with E-state index < -0.39 is 0 Å². The van der Waals surface area contributed by atoms with E-state index in [4.69, 9.17) is 15.2 Å². The van der Waals surface area contributed by atoms with Crippen molar-refractivity contribution in [3.8, 4) is 11.5 Å². The summed E-state index contributed by atoms with van der Waals surface area (Å²) in [6.45, 7) is 1.88. The van der Waals surface area contributed by atoms with Crippen molar-refractivity contribution < 1.29 is 14.3 Å². The lowest BCUT2D eigenvalue weighted by atomic mass is 10.1. The molecule has 0 saturated heterocycles. The predicted molar refractivity (Wildman–Crippen MR) is 77.6 cm³/mol. The Balaban J connectivity index is 2.94. The number of nitrogens with two attached hydrogens (primary N) is 1. The van der Waals surface area contributed by atoms with E-state index in [1.807, 2.05) is 19.1 Å². The lowest BCUT2D eigenvalue weighted by molar-refractivity contribution is -0.122. The summed E-state index contributed by atoms with van der Waals surface area (Å²) in [5.41, 5.74) is 6.83. The van der Waals surface area contributed by atoms with E-state index in [-0.39, 0.29) is 18.6 Å². The number of rotatable bonds is 6. The number of ether oxygens (including phenoxy) is 2. The first-order chi connectivity index (χ1) is 8.97. The minimum absolute atomic E-state index is 0.0574. The first-order valence-electron chi connectivity index (χ1n) is 5.93. The summed E-state index contributed by atoms with van der Waals surface area (Å²) in [6, 6.07) is 3.85. The summed E-state index contributed by atoms with van der Waals surface area (Å²) in [4.78, 5) is 11.2. The van der Waals surface area contributed by atoms with Crippen molar-refractivity contribution in [2.45, 2.75) is 19.4 Å². The molecule has 1 amide bonds. The average Bonchev–Trinajstić information content (AvgIpc) is 2.35. The van der Waals surface area contributed by atoms with Crippen LogP contribution in [0.1, 0.15) is 12.5 Å². The molecule has 106 valence electrons. The Bertz CT molecular complexity index is 450. The molecule has 0 spiro atoms. The molecule has 0 heterocycles. The molecule has 0 radical (unpaired) electrons. The van der Waals surface area contributed by atoms with E-state index in [2.05, 4.69) is 21.2 Å². The van der Waals surface area contributed by atoms with E-state index in [9.17, 15) is 4.79 Å². The van der Waals surface area contributed by atoms with E-state index >= 15 is 0 Å². The van der Waals surface area contributed by atoms with E-state index in [0.717, 1.165) is 16.5 Å².